The van der Waals surface area contributed by atoms with Crippen LogP contribution in [0, 0.1) is 5.92 Å². The second-order valence-corrected chi connectivity index (χ2v) is 6.40. The van der Waals surface area contributed by atoms with Crippen LogP contribution in [0.25, 0.3) is 0 Å². The van der Waals surface area contributed by atoms with Crippen LogP contribution in [-0.2, 0) is 11.3 Å². The number of amides is 2. The highest BCUT2D eigenvalue weighted by Gasteiger charge is 2.24. The molecule has 0 bridgehead atoms. The third-order valence-corrected chi connectivity index (χ3v) is 4.79. The molecule has 3 rings (SSSR count). The summed E-state index contributed by atoms with van der Waals surface area (Å²) in [5.74, 6) is 0.518. The van der Waals surface area contributed by atoms with Crippen LogP contribution in [0.4, 0.5) is 0 Å². The summed E-state index contributed by atoms with van der Waals surface area (Å²) in [6, 6.07) is 7.64. The molecular formula is C18H24N2O2. The number of nitrogens with zero attached hydrogens (tertiary/aromatic N) is 1. The standard InChI is InChI=1S/C18H24N2O2/c21-17(15-5-4-6-15)19-13-14-7-9-16(10-8-14)18(22)20-11-2-1-3-12-20/h7-10,15H,1-6,11-13H2,(H,19,21). The minimum atomic E-state index is 0.129. The van der Waals surface area contributed by atoms with Gasteiger partial charge < -0.3 is 10.2 Å². The topological polar surface area (TPSA) is 49.4 Å². The van der Waals surface area contributed by atoms with E-state index < -0.39 is 0 Å². The predicted octanol–water partition coefficient (Wildman–Crippen LogP) is 2.73. The van der Waals surface area contributed by atoms with Crippen LogP contribution in [0.2, 0.25) is 0 Å². The van der Waals surface area contributed by atoms with Gasteiger partial charge in [0.05, 0.1) is 0 Å². The van der Waals surface area contributed by atoms with Gasteiger partial charge in [0.1, 0.15) is 0 Å². The van der Waals surface area contributed by atoms with Crippen molar-refractivity contribution in [1.29, 1.82) is 0 Å². The molecule has 22 heavy (non-hydrogen) atoms. The maximum absolute atomic E-state index is 12.4. The fourth-order valence-corrected chi connectivity index (χ4v) is 3.05. The molecule has 2 aliphatic rings. The van der Waals surface area contributed by atoms with Crippen molar-refractivity contribution < 1.29 is 9.59 Å². The van der Waals surface area contributed by atoms with E-state index in [0.29, 0.717) is 6.54 Å². The number of benzene rings is 1. The Labute approximate surface area is 131 Å². The van der Waals surface area contributed by atoms with Crippen LogP contribution in [0.1, 0.15) is 54.4 Å². The summed E-state index contributed by atoms with van der Waals surface area (Å²) in [5, 5.41) is 2.98. The van der Waals surface area contributed by atoms with Gasteiger partial charge in [-0.05, 0) is 49.8 Å². The smallest absolute Gasteiger partial charge is 0.253 e. The lowest BCUT2D eigenvalue weighted by atomic mass is 9.85. The summed E-state index contributed by atoms with van der Waals surface area (Å²) < 4.78 is 0. The van der Waals surface area contributed by atoms with Crippen molar-refractivity contribution in [3.63, 3.8) is 0 Å². The highest BCUT2D eigenvalue weighted by molar-refractivity contribution is 5.94. The van der Waals surface area contributed by atoms with Crippen LogP contribution in [-0.4, -0.2) is 29.8 Å². The Balaban J connectivity index is 1.53. The molecule has 1 aliphatic heterocycles. The minimum Gasteiger partial charge on any atom is -0.352 e. The lowest BCUT2D eigenvalue weighted by Crippen LogP contribution is -2.35. The van der Waals surface area contributed by atoms with Gasteiger partial charge in [0, 0.05) is 31.1 Å². The second kappa shape index (κ2) is 6.95. The molecule has 1 aromatic carbocycles. The first-order valence-electron chi connectivity index (χ1n) is 8.40. The first-order valence-corrected chi connectivity index (χ1v) is 8.40. The SMILES string of the molecule is O=C(NCc1ccc(C(=O)N2CCCCC2)cc1)C1CCC1. The van der Waals surface area contributed by atoms with Crippen LogP contribution in [0.5, 0.6) is 0 Å². The summed E-state index contributed by atoms with van der Waals surface area (Å²) >= 11 is 0. The van der Waals surface area contributed by atoms with Crippen molar-refractivity contribution >= 4 is 11.8 Å². The molecule has 1 aliphatic carbocycles. The zero-order valence-electron chi connectivity index (χ0n) is 13.0. The summed E-state index contributed by atoms with van der Waals surface area (Å²) in [6.07, 6.45) is 6.66. The fraction of sp³-hybridized carbons (Fsp3) is 0.556. The normalized spacial score (nSPS) is 18.6. The van der Waals surface area contributed by atoms with E-state index in [1.165, 1.54) is 12.8 Å². The lowest BCUT2D eigenvalue weighted by Gasteiger charge is -2.26. The van der Waals surface area contributed by atoms with Crippen LogP contribution in [0.15, 0.2) is 24.3 Å². The molecule has 2 fully saturated rings. The lowest BCUT2D eigenvalue weighted by molar-refractivity contribution is -0.127. The largest absolute Gasteiger partial charge is 0.352 e. The van der Waals surface area contributed by atoms with E-state index in [0.717, 1.165) is 49.9 Å². The molecule has 1 aromatic rings. The molecule has 4 heteroatoms. The Morgan fingerprint density at radius 3 is 2.27 bits per heavy atom. The molecule has 1 saturated carbocycles. The number of hydrogen-bond acceptors (Lipinski definition) is 2. The molecular weight excluding hydrogens is 276 g/mol. The molecule has 2 amide bonds. The van der Waals surface area contributed by atoms with E-state index in [4.69, 9.17) is 0 Å². The van der Waals surface area contributed by atoms with E-state index in [1.807, 2.05) is 29.2 Å². The number of likely N-dealkylation sites (tertiary alicyclic amines) is 1. The predicted molar refractivity (Wildman–Crippen MR) is 85.4 cm³/mol. The number of rotatable bonds is 4. The van der Waals surface area contributed by atoms with Gasteiger partial charge in [-0.2, -0.15) is 0 Å². The Morgan fingerprint density at radius 2 is 1.68 bits per heavy atom. The monoisotopic (exact) mass is 300 g/mol. The van der Waals surface area contributed by atoms with Crippen molar-refractivity contribution in [2.24, 2.45) is 5.92 Å². The Hall–Kier alpha value is -1.84. The van der Waals surface area contributed by atoms with Gasteiger partial charge >= 0.3 is 0 Å². The van der Waals surface area contributed by atoms with Gasteiger partial charge in [0.15, 0.2) is 0 Å². The van der Waals surface area contributed by atoms with Crippen molar-refractivity contribution in [2.45, 2.75) is 45.1 Å². The quantitative estimate of drug-likeness (QED) is 0.929. The zero-order chi connectivity index (χ0) is 15.4. The maximum Gasteiger partial charge on any atom is 0.253 e. The van der Waals surface area contributed by atoms with E-state index >= 15 is 0 Å². The Kier molecular flexibility index (Phi) is 4.76. The van der Waals surface area contributed by atoms with E-state index in [9.17, 15) is 9.59 Å². The van der Waals surface area contributed by atoms with Crippen LogP contribution < -0.4 is 5.32 Å². The molecule has 1 saturated heterocycles. The molecule has 1 heterocycles. The van der Waals surface area contributed by atoms with Gasteiger partial charge in [-0.1, -0.05) is 18.6 Å². The number of nitrogens with one attached hydrogen (secondary N) is 1. The van der Waals surface area contributed by atoms with Crippen molar-refractivity contribution in [3.05, 3.63) is 35.4 Å². The highest BCUT2D eigenvalue weighted by Crippen LogP contribution is 2.26. The molecule has 0 spiro atoms. The van der Waals surface area contributed by atoms with Crippen LogP contribution in [0.3, 0.4) is 0 Å². The second-order valence-electron chi connectivity index (χ2n) is 6.40. The Morgan fingerprint density at radius 1 is 1.00 bits per heavy atom. The van der Waals surface area contributed by atoms with E-state index in [1.54, 1.807) is 0 Å². The first-order chi connectivity index (χ1) is 10.7. The van der Waals surface area contributed by atoms with Crippen molar-refractivity contribution in [1.82, 2.24) is 10.2 Å². The molecule has 1 N–H and O–H groups in total. The summed E-state index contributed by atoms with van der Waals surface area (Å²) in [5.41, 5.74) is 1.79. The number of piperidine rings is 1. The van der Waals surface area contributed by atoms with Crippen LogP contribution >= 0.6 is 0 Å². The molecule has 0 aromatic heterocycles. The van der Waals surface area contributed by atoms with Gasteiger partial charge in [0.25, 0.3) is 5.91 Å². The fourth-order valence-electron chi connectivity index (χ4n) is 3.05. The summed E-state index contributed by atoms with van der Waals surface area (Å²) in [6.45, 7) is 2.30. The number of hydrogen-bond donors (Lipinski definition) is 1. The zero-order valence-corrected chi connectivity index (χ0v) is 13.0. The summed E-state index contributed by atoms with van der Waals surface area (Å²) in [4.78, 5) is 26.1. The third-order valence-electron chi connectivity index (χ3n) is 4.79. The minimum absolute atomic E-state index is 0.129. The van der Waals surface area contributed by atoms with E-state index in [2.05, 4.69) is 5.32 Å². The molecule has 0 unspecified atom stereocenters. The van der Waals surface area contributed by atoms with Gasteiger partial charge in [-0.25, -0.2) is 0 Å². The first kappa shape index (κ1) is 15.1. The number of carbonyl (C=O) groups is 2. The maximum atomic E-state index is 12.4. The Bertz CT molecular complexity index is 529. The molecule has 4 nitrogen and oxygen atoms in total. The van der Waals surface area contributed by atoms with Gasteiger partial charge in [-0.3, -0.25) is 9.59 Å². The average molecular weight is 300 g/mol. The third kappa shape index (κ3) is 3.49. The van der Waals surface area contributed by atoms with Gasteiger partial charge in [0.2, 0.25) is 5.91 Å². The summed E-state index contributed by atoms with van der Waals surface area (Å²) in [7, 11) is 0. The molecule has 118 valence electrons. The number of carbonyl (C=O) groups excluding carboxylic acids is 2. The average Bonchev–Trinajstić information content (AvgIpc) is 2.52. The van der Waals surface area contributed by atoms with E-state index in [-0.39, 0.29) is 17.7 Å². The molecule has 0 radical (unpaired) electrons. The van der Waals surface area contributed by atoms with Crippen molar-refractivity contribution in [3.8, 4) is 0 Å². The van der Waals surface area contributed by atoms with Crippen molar-refractivity contribution in [2.75, 3.05) is 13.1 Å². The molecule has 0 atom stereocenters. The van der Waals surface area contributed by atoms with Gasteiger partial charge in [-0.15, -0.1) is 0 Å². The highest BCUT2D eigenvalue weighted by atomic mass is 16.2.